The van der Waals surface area contributed by atoms with Crippen molar-refractivity contribution in [1.29, 1.82) is 5.26 Å². The Morgan fingerprint density at radius 3 is 2.41 bits per heavy atom. The molecule has 5 aromatic heterocycles. The number of benzene rings is 1. The zero-order chi connectivity index (χ0) is 46.8. The average Bonchev–Trinajstić information content (AvgIpc) is 4.04. The van der Waals surface area contributed by atoms with E-state index in [-0.39, 0.29) is 30.7 Å². The van der Waals surface area contributed by atoms with Crippen LogP contribution in [0.4, 0.5) is 21.6 Å². The second-order valence-corrected chi connectivity index (χ2v) is 17.9. The molecule has 19 nitrogen and oxygen atoms in total. The van der Waals surface area contributed by atoms with Crippen molar-refractivity contribution in [3.63, 3.8) is 0 Å². The summed E-state index contributed by atoms with van der Waals surface area (Å²) in [6.07, 6.45) is 16.8. The molecule has 4 fully saturated rings. The van der Waals surface area contributed by atoms with Crippen LogP contribution in [0.2, 0.25) is 0 Å². The summed E-state index contributed by atoms with van der Waals surface area (Å²) in [5.41, 5.74) is 3.50. The number of nitrogens with zero attached hydrogens (tertiary/aromatic N) is 12. The van der Waals surface area contributed by atoms with Gasteiger partial charge in [-0.2, -0.15) is 15.5 Å². The molecule has 68 heavy (non-hydrogen) atoms. The van der Waals surface area contributed by atoms with E-state index in [4.69, 9.17) is 19.8 Å². The van der Waals surface area contributed by atoms with Gasteiger partial charge in [-0.1, -0.05) is 0 Å². The van der Waals surface area contributed by atoms with E-state index >= 15 is 4.39 Å². The van der Waals surface area contributed by atoms with E-state index in [0.717, 1.165) is 48.7 Å². The Labute approximate surface area is 390 Å². The van der Waals surface area contributed by atoms with Crippen LogP contribution in [0.25, 0.3) is 28.0 Å². The Morgan fingerprint density at radius 1 is 0.912 bits per heavy atom. The number of carbonyl (C=O) groups is 4. The Balaban J connectivity index is 0.757. The number of nitrogens with one attached hydrogen (secondary N) is 2. The molecule has 0 spiro atoms. The van der Waals surface area contributed by atoms with Gasteiger partial charge >= 0.3 is 0 Å². The van der Waals surface area contributed by atoms with Crippen LogP contribution in [0.15, 0.2) is 79.8 Å². The number of ether oxygens (including phenoxy) is 1. The molecule has 1 unspecified atom stereocenters. The molecule has 0 saturated carbocycles. The van der Waals surface area contributed by atoms with E-state index in [1.54, 1.807) is 47.6 Å². The number of amides is 3. The fourth-order valence-corrected chi connectivity index (χ4v) is 9.95. The Kier molecular flexibility index (Phi) is 12.2. The number of carbonyl (C=O) groups excluding carboxylic acids is 4. The van der Waals surface area contributed by atoms with Crippen LogP contribution in [-0.4, -0.2) is 119 Å². The van der Waals surface area contributed by atoms with Crippen molar-refractivity contribution in [3.05, 3.63) is 97.0 Å². The third-order valence-corrected chi connectivity index (χ3v) is 13.8. The molecule has 348 valence electrons. The topological polar surface area (TPSA) is 222 Å². The fourth-order valence-electron chi connectivity index (χ4n) is 9.95. The molecule has 4 aliphatic rings. The number of likely N-dealkylation sites (tertiary alicyclic amines) is 1. The van der Waals surface area contributed by atoms with Gasteiger partial charge in [0.05, 0.1) is 48.1 Å². The van der Waals surface area contributed by atoms with Gasteiger partial charge in [0.1, 0.15) is 46.3 Å². The third kappa shape index (κ3) is 9.03. The number of halogens is 1. The second-order valence-electron chi connectivity index (χ2n) is 17.9. The van der Waals surface area contributed by atoms with Crippen molar-refractivity contribution >= 4 is 46.9 Å². The molecule has 0 bridgehead atoms. The number of pyridine rings is 1. The van der Waals surface area contributed by atoms with E-state index in [9.17, 15) is 24.4 Å². The van der Waals surface area contributed by atoms with Crippen molar-refractivity contribution < 1.29 is 28.3 Å². The molecule has 0 radical (unpaired) electrons. The first-order chi connectivity index (χ1) is 33.2. The van der Waals surface area contributed by atoms with Gasteiger partial charge < -0.3 is 24.8 Å². The van der Waals surface area contributed by atoms with Crippen LogP contribution >= 0.6 is 0 Å². The van der Waals surface area contributed by atoms with Crippen LogP contribution in [0.1, 0.15) is 81.1 Å². The third-order valence-electron chi connectivity index (χ3n) is 13.8. The number of aromatic nitrogens is 8. The van der Waals surface area contributed by atoms with E-state index in [1.807, 2.05) is 38.9 Å². The molecule has 9 heterocycles. The van der Waals surface area contributed by atoms with Gasteiger partial charge in [-0.15, -0.1) is 0 Å². The zero-order valence-corrected chi connectivity index (χ0v) is 37.2. The molecule has 4 aliphatic heterocycles. The minimum atomic E-state index is -1.02. The highest BCUT2D eigenvalue weighted by molar-refractivity contribution is 6.01. The fraction of sp³-hybridized carbons (Fsp3) is 0.396. The number of anilines is 3. The predicted octanol–water partition coefficient (Wildman–Crippen LogP) is 4.82. The van der Waals surface area contributed by atoms with Crippen LogP contribution in [0, 0.1) is 17.1 Å². The Bertz CT molecular complexity index is 2880. The minimum absolute atomic E-state index is 0.0202. The SMILES string of the molecule is N#Cc1cnn2cc(-c3cnn(C4CCN(C(=O)CC5(OC=O)CCN(c6ccc(NC7CCC(=O)NC7=O)cc6F)CC5)CC4)c3)nc(-c3ccc(N4CCC(c5ncccn5)CC4)nc3)c12. The molecule has 3 amide bonds. The second kappa shape index (κ2) is 18.8. The first-order valence-electron chi connectivity index (χ1n) is 23.0. The summed E-state index contributed by atoms with van der Waals surface area (Å²) in [6, 6.07) is 12.1. The van der Waals surface area contributed by atoms with Gasteiger partial charge in [-0.3, -0.25) is 29.2 Å². The lowest BCUT2D eigenvalue weighted by Gasteiger charge is -2.42. The van der Waals surface area contributed by atoms with E-state index in [0.29, 0.717) is 105 Å². The first kappa shape index (κ1) is 44.0. The van der Waals surface area contributed by atoms with Crippen molar-refractivity contribution in [1.82, 2.24) is 49.5 Å². The summed E-state index contributed by atoms with van der Waals surface area (Å²) in [4.78, 5) is 74.0. The van der Waals surface area contributed by atoms with Crippen molar-refractivity contribution in [2.45, 2.75) is 81.4 Å². The minimum Gasteiger partial charge on any atom is -0.461 e. The maximum absolute atomic E-state index is 15.4. The number of hydrogen-bond acceptors (Lipinski definition) is 15. The largest absolute Gasteiger partial charge is 0.461 e. The van der Waals surface area contributed by atoms with Gasteiger partial charge in [0.25, 0.3) is 6.47 Å². The lowest BCUT2D eigenvalue weighted by Crippen LogP contribution is -2.50. The molecule has 1 aromatic carbocycles. The summed E-state index contributed by atoms with van der Waals surface area (Å²) in [5.74, 6) is 0.714. The highest BCUT2D eigenvalue weighted by atomic mass is 19.1. The van der Waals surface area contributed by atoms with Crippen molar-refractivity contribution in [2.24, 2.45) is 0 Å². The summed E-state index contributed by atoms with van der Waals surface area (Å²) in [6.45, 7) is 3.78. The van der Waals surface area contributed by atoms with Crippen molar-refractivity contribution in [2.75, 3.05) is 54.4 Å². The zero-order valence-electron chi connectivity index (χ0n) is 37.2. The lowest BCUT2D eigenvalue weighted by molar-refractivity contribution is -0.153. The number of rotatable bonds is 12. The molecule has 0 aliphatic carbocycles. The maximum atomic E-state index is 15.4. The smallest absolute Gasteiger partial charge is 0.293 e. The van der Waals surface area contributed by atoms with Gasteiger partial charge in [0.15, 0.2) is 0 Å². The number of fused-ring (bicyclic) bond motifs is 1. The highest BCUT2D eigenvalue weighted by Crippen LogP contribution is 2.36. The summed E-state index contributed by atoms with van der Waals surface area (Å²) in [5, 5.41) is 24.5. The highest BCUT2D eigenvalue weighted by Gasteiger charge is 2.41. The average molecular weight is 921 g/mol. The molecule has 4 saturated heterocycles. The molecule has 2 N–H and O–H groups in total. The molecule has 10 rings (SSSR count). The molecule has 20 heteroatoms. The van der Waals surface area contributed by atoms with E-state index in [2.05, 4.69) is 36.7 Å². The number of hydrogen-bond donors (Lipinski definition) is 2. The molecular weight excluding hydrogens is 872 g/mol. The van der Waals surface area contributed by atoms with Gasteiger partial charge in [0.2, 0.25) is 17.7 Å². The summed E-state index contributed by atoms with van der Waals surface area (Å²) < 4.78 is 24.7. The predicted molar refractivity (Wildman–Crippen MR) is 245 cm³/mol. The van der Waals surface area contributed by atoms with Crippen LogP contribution in [0.3, 0.4) is 0 Å². The van der Waals surface area contributed by atoms with Crippen LogP contribution in [-0.2, 0) is 23.9 Å². The van der Waals surface area contributed by atoms with Crippen molar-refractivity contribution in [3.8, 4) is 28.6 Å². The maximum Gasteiger partial charge on any atom is 0.293 e. The lowest BCUT2D eigenvalue weighted by atomic mass is 9.86. The van der Waals surface area contributed by atoms with E-state index in [1.165, 1.54) is 12.3 Å². The quantitative estimate of drug-likeness (QED) is 0.124. The van der Waals surface area contributed by atoms with Crippen LogP contribution < -0.4 is 20.4 Å². The monoisotopic (exact) mass is 920 g/mol. The first-order valence-corrected chi connectivity index (χ1v) is 23.0. The summed E-state index contributed by atoms with van der Waals surface area (Å²) in [7, 11) is 0. The Morgan fingerprint density at radius 2 is 1.71 bits per heavy atom. The normalized spacial score (nSPS) is 19.1. The molecule has 6 aromatic rings. The molecular formula is C48H49FN14O5. The number of piperidine rings is 4. The number of imide groups is 1. The van der Waals surface area contributed by atoms with Gasteiger partial charge in [-0.25, -0.2) is 28.8 Å². The molecule has 1 atom stereocenters. The van der Waals surface area contributed by atoms with Gasteiger partial charge in [0, 0.05) is 106 Å². The van der Waals surface area contributed by atoms with E-state index < -0.39 is 23.4 Å². The van der Waals surface area contributed by atoms with Gasteiger partial charge in [-0.05, 0) is 68.5 Å². The standard InChI is InChI=1S/C48H49FN14O5/c49-37-22-35(56-38-4-7-42(65)58-47(38)67)3-5-40(37)59-20-12-48(13-21-59,68-30-64)23-43(66)61-18-10-36(11-19-61)62-28-34(27-54-62)39-29-63-45(33(24-50)26-55-63)44(57-39)32-2-6-41(53-25-32)60-16-8-31(9-17-60)46-51-14-1-15-52-46/h1-3,5-6,14-15,22,25-31,36,38,56H,4,7-13,16-21,23H2,(H,58,65,67). The number of nitriles is 1. The Hall–Kier alpha value is -7.82. The van der Waals surface area contributed by atoms with Crippen LogP contribution in [0.5, 0.6) is 0 Å². The summed E-state index contributed by atoms with van der Waals surface area (Å²) >= 11 is 0.